The Balaban J connectivity index is 0. The summed E-state index contributed by atoms with van der Waals surface area (Å²) in [5.74, 6) is 0. The molecule has 0 bridgehead atoms. The Morgan fingerprint density at radius 2 is 1.00 bits per heavy atom. The van der Waals surface area contributed by atoms with E-state index in [1.807, 2.05) is 12.1 Å². The van der Waals surface area contributed by atoms with Crippen molar-refractivity contribution in [3.63, 3.8) is 0 Å². The van der Waals surface area contributed by atoms with Gasteiger partial charge in [0.25, 0.3) is 0 Å². The van der Waals surface area contributed by atoms with Crippen LogP contribution in [0.4, 0.5) is 0 Å². The Bertz CT molecular complexity index is 611. The van der Waals surface area contributed by atoms with Crippen LogP contribution in [0, 0.1) is 0 Å². The molecule has 113 valence electrons. The third-order valence-electron chi connectivity index (χ3n) is 2.34. The Labute approximate surface area is 143 Å². The van der Waals surface area contributed by atoms with E-state index in [1.54, 1.807) is 12.4 Å². The summed E-state index contributed by atoms with van der Waals surface area (Å²) >= 11 is 1.19. The van der Waals surface area contributed by atoms with Crippen LogP contribution in [0.15, 0.2) is 48.8 Å². The number of halogens is 1. The Morgan fingerprint density at radius 1 is 0.682 bits per heavy atom. The maximum absolute atomic E-state index is 7.50. The van der Waals surface area contributed by atoms with E-state index in [1.165, 1.54) is 18.2 Å². The van der Waals surface area contributed by atoms with Crippen molar-refractivity contribution in [1.82, 2.24) is 9.97 Å². The van der Waals surface area contributed by atoms with Crippen molar-refractivity contribution in [3.05, 3.63) is 48.8 Å². The second-order valence-electron chi connectivity index (χ2n) is 3.22. The number of rotatable bonds is 0. The smallest absolute Gasteiger partial charge is 0.0964 e. The number of nitrogens with zero attached hydrogens (tertiary/aromatic N) is 2. The predicted octanol–water partition coefficient (Wildman–Crippen LogP) is 2.28. The van der Waals surface area contributed by atoms with Gasteiger partial charge in [0, 0.05) is 23.2 Å². The molecule has 0 aliphatic rings. The average molecular weight is 486 g/mol. The molecule has 0 aliphatic heterocycles. The molecule has 0 saturated carbocycles. The van der Waals surface area contributed by atoms with Crippen LogP contribution in [0.5, 0.6) is 0 Å². The number of hydrogen-bond acceptors (Lipinski definition) is 5. The van der Waals surface area contributed by atoms with Crippen LogP contribution in [-0.2, 0) is 32.6 Å². The van der Waals surface area contributed by atoms with Crippen LogP contribution in [0.2, 0.25) is 0 Å². The van der Waals surface area contributed by atoms with Gasteiger partial charge >= 0.3 is 27.7 Å². The summed E-state index contributed by atoms with van der Waals surface area (Å²) in [4.78, 5) is 31.2. The molecular weight excluding hydrogens is 478 g/mol. The molecule has 0 atom stereocenters. The molecule has 2 heterocycles. The van der Waals surface area contributed by atoms with E-state index < -0.39 is 0 Å². The minimum atomic E-state index is 0.977. The van der Waals surface area contributed by atoms with Gasteiger partial charge in [-0.25, -0.2) is 0 Å². The van der Waals surface area contributed by atoms with Crippen molar-refractivity contribution in [1.29, 1.82) is 0 Å². The first kappa shape index (κ1) is 22.3. The zero-order valence-corrected chi connectivity index (χ0v) is 14.5. The van der Waals surface area contributed by atoms with E-state index in [0.29, 0.717) is 0 Å². The number of benzene rings is 1. The third kappa shape index (κ3) is 6.19. The summed E-state index contributed by atoms with van der Waals surface area (Å²) in [6.07, 6.45) is 3.60. The first-order chi connectivity index (χ1) is 10.9. The Kier molecular flexibility index (Phi) is 15.6. The van der Waals surface area contributed by atoms with E-state index >= 15 is 0 Å². The summed E-state index contributed by atoms with van der Waals surface area (Å²) in [7, 11) is 4.69. The summed E-state index contributed by atoms with van der Waals surface area (Å²) in [5.41, 5.74) is 1.95. The molecular formula is C15H8ClN2O3Re-3. The van der Waals surface area contributed by atoms with Crippen LogP contribution in [0.3, 0.4) is 0 Å². The van der Waals surface area contributed by atoms with Crippen LogP contribution >= 0.6 is 9.53 Å². The molecule has 5 nitrogen and oxygen atoms in total. The van der Waals surface area contributed by atoms with Crippen molar-refractivity contribution in [2.45, 2.75) is 0 Å². The maximum atomic E-state index is 7.50. The van der Waals surface area contributed by atoms with Gasteiger partial charge in [0.1, 0.15) is 0 Å². The van der Waals surface area contributed by atoms with E-state index in [2.05, 4.69) is 54.6 Å². The van der Waals surface area contributed by atoms with Gasteiger partial charge in [-0.15, -0.1) is 0 Å². The van der Waals surface area contributed by atoms with Gasteiger partial charge < -0.3 is 34.8 Å². The molecule has 2 aromatic heterocycles. The summed E-state index contributed by atoms with van der Waals surface area (Å²) in [6.45, 7) is 13.5. The van der Waals surface area contributed by atoms with Gasteiger partial charge in [0.05, 0.1) is 11.0 Å². The topological polar surface area (TPSA) is 77.0 Å². The average Bonchev–Trinajstić information content (AvgIpc) is 2.68. The monoisotopic (exact) mass is 486 g/mol. The molecule has 3 radical (unpaired) electrons. The van der Waals surface area contributed by atoms with Gasteiger partial charge in [0.15, 0.2) is 0 Å². The zero-order chi connectivity index (χ0) is 17.4. The molecule has 22 heavy (non-hydrogen) atoms. The van der Waals surface area contributed by atoms with Crippen molar-refractivity contribution >= 4 is 51.7 Å². The Morgan fingerprint density at radius 3 is 1.32 bits per heavy atom. The van der Waals surface area contributed by atoms with Crippen molar-refractivity contribution in [2.24, 2.45) is 0 Å². The second kappa shape index (κ2) is 15.4. The van der Waals surface area contributed by atoms with E-state index in [9.17, 15) is 0 Å². The molecule has 0 amide bonds. The van der Waals surface area contributed by atoms with Crippen LogP contribution in [0.1, 0.15) is 0 Å². The zero-order valence-electron chi connectivity index (χ0n) is 11.0. The largest absolute Gasteiger partial charge is 0.254 e. The number of fused-ring (bicyclic) bond motifs is 3. The normalized spacial score (nSPS) is 7.73. The quantitative estimate of drug-likeness (QED) is 0.361. The number of hydrogen-bond donors (Lipinski definition) is 0. The van der Waals surface area contributed by atoms with E-state index in [4.69, 9.17) is 23.9 Å². The molecule has 1 aromatic carbocycles. The summed E-state index contributed by atoms with van der Waals surface area (Å²) < 4.78 is 0. The van der Waals surface area contributed by atoms with Gasteiger partial charge in [0.2, 0.25) is 0 Å². The van der Waals surface area contributed by atoms with Gasteiger partial charge in [-0.05, 0) is 12.1 Å². The molecule has 0 saturated heterocycles. The summed E-state index contributed by atoms with van der Waals surface area (Å²) in [6, 6.07) is 12.1. The molecule has 0 spiro atoms. The molecule has 0 aliphatic carbocycles. The van der Waals surface area contributed by atoms with Crippen molar-refractivity contribution < 1.29 is 32.6 Å². The molecule has 0 fully saturated rings. The summed E-state index contributed by atoms with van der Waals surface area (Å²) in [5, 5.41) is 2.28. The fraction of sp³-hybridized carbons (Fsp3) is 0. The SMILES string of the molecule is [C-]=O.[C-]=O.[C-]=O.[Cl][Re].c1cnc2c(c1)ccc1cccnc12. The fourth-order valence-corrected chi connectivity index (χ4v) is 1.68. The van der Waals surface area contributed by atoms with E-state index in [-0.39, 0.29) is 0 Å². The standard InChI is InChI=1S/C12H8N2.3CO.ClH.Re/c1-3-9-5-6-10-4-2-8-14-12(10)11(9)13-7-1;3*1-2;;/h1-8H;;;;1H;/q;3*-1;;+1/p-1. The predicted molar refractivity (Wildman–Crippen MR) is 80.0 cm³/mol. The molecule has 7 heteroatoms. The maximum Gasteiger partial charge on any atom is 0.0964 e. The van der Waals surface area contributed by atoms with Crippen molar-refractivity contribution in [2.75, 3.05) is 0 Å². The molecule has 3 aromatic rings. The molecule has 0 unspecified atom stereocenters. The number of aromatic nitrogens is 2. The fourth-order valence-electron chi connectivity index (χ4n) is 1.68. The van der Waals surface area contributed by atoms with Crippen molar-refractivity contribution in [3.8, 4) is 0 Å². The third-order valence-corrected chi connectivity index (χ3v) is 2.34. The first-order valence-corrected chi connectivity index (χ1v) is 8.66. The van der Waals surface area contributed by atoms with Gasteiger partial charge in [-0.3, -0.25) is 9.97 Å². The number of pyridine rings is 2. The first-order valence-electron chi connectivity index (χ1n) is 5.29. The van der Waals surface area contributed by atoms with Crippen LogP contribution in [0.25, 0.3) is 21.8 Å². The van der Waals surface area contributed by atoms with Gasteiger partial charge in [-0.1, -0.05) is 24.3 Å². The van der Waals surface area contributed by atoms with Gasteiger partial charge in [-0.2, -0.15) is 0 Å². The van der Waals surface area contributed by atoms with Crippen LogP contribution < -0.4 is 0 Å². The Hall–Kier alpha value is -2.00. The minimum Gasteiger partial charge on any atom is -0.254 e. The minimum absolute atomic E-state index is 0.977. The number of carbonyl (C=O) groups excluding carboxylic acids is 3. The molecule has 0 N–H and O–H groups in total. The van der Waals surface area contributed by atoms with E-state index in [0.717, 1.165) is 21.8 Å². The molecule has 3 rings (SSSR count). The van der Waals surface area contributed by atoms with Crippen LogP contribution in [-0.4, -0.2) is 30.3 Å². The second-order valence-corrected chi connectivity index (χ2v) is 3.22.